The van der Waals surface area contributed by atoms with Gasteiger partial charge in [0.15, 0.2) is 0 Å². The molecule has 0 unspecified atom stereocenters. The highest BCUT2D eigenvalue weighted by molar-refractivity contribution is 5.81. The minimum Gasteiger partial charge on any atom is -0.264 e. The number of hydrogen-bond acceptors (Lipinski definition) is 3. The van der Waals surface area contributed by atoms with Crippen LogP contribution < -0.4 is 0 Å². The third-order valence-corrected chi connectivity index (χ3v) is 2.04. The van der Waals surface area contributed by atoms with E-state index in [9.17, 15) is 10.1 Å². The molecule has 0 aliphatic carbocycles. The summed E-state index contributed by atoms with van der Waals surface area (Å²) in [6.45, 7) is -0.150. The Balaban J connectivity index is 2.59. The Morgan fingerprint density at radius 2 is 2.07 bits per heavy atom. The van der Waals surface area contributed by atoms with Crippen molar-refractivity contribution < 1.29 is 4.92 Å². The van der Waals surface area contributed by atoms with Gasteiger partial charge in [0.25, 0.3) is 0 Å². The summed E-state index contributed by atoms with van der Waals surface area (Å²) in [5.41, 5.74) is 1.51. The second-order valence-corrected chi connectivity index (χ2v) is 2.98. The number of nitro groups is 1. The number of nitrogens with zero attached hydrogens (tertiary/aromatic N) is 2. The van der Waals surface area contributed by atoms with Crippen molar-refractivity contribution in [3.63, 3.8) is 0 Å². The first-order chi connectivity index (χ1) is 6.77. The molecule has 0 bridgehead atoms. The molecule has 0 aliphatic rings. The maximum absolute atomic E-state index is 10.4. The zero-order valence-electron chi connectivity index (χ0n) is 7.38. The van der Waals surface area contributed by atoms with Crippen LogP contribution >= 0.6 is 0 Å². The van der Waals surface area contributed by atoms with Crippen molar-refractivity contribution in [2.45, 2.75) is 6.54 Å². The highest BCUT2D eigenvalue weighted by Crippen LogP contribution is 2.16. The van der Waals surface area contributed by atoms with Gasteiger partial charge in [-0.25, -0.2) is 0 Å². The van der Waals surface area contributed by atoms with Crippen LogP contribution in [0.3, 0.4) is 0 Å². The minimum atomic E-state index is -0.332. The molecular formula is C10H8N2O2. The van der Waals surface area contributed by atoms with E-state index in [1.807, 2.05) is 24.3 Å². The van der Waals surface area contributed by atoms with Crippen molar-refractivity contribution >= 4 is 10.9 Å². The van der Waals surface area contributed by atoms with Gasteiger partial charge in [-0.05, 0) is 12.1 Å². The second kappa shape index (κ2) is 3.41. The van der Waals surface area contributed by atoms with Gasteiger partial charge in [0.2, 0.25) is 6.54 Å². The summed E-state index contributed by atoms with van der Waals surface area (Å²) >= 11 is 0. The van der Waals surface area contributed by atoms with E-state index in [-0.39, 0.29) is 11.5 Å². The van der Waals surface area contributed by atoms with Crippen LogP contribution in [-0.2, 0) is 6.54 Å². The fraction of sp³-hybridized carbons (Fsp3) is 0.100. The molecule has 2 rings (SSSR count). The zero-order chi connectivity index (χ0) is 9.97. The van der Waals surface area contributed by atoms with E-state index < -0.39 is 0 Å². The van der Waals surface area contributed by atoms with Crippen LogP contribution in [-0.4, -0.2) is 9.91 Å². The van der Waals surface area contributed by atoms with E-state index >= 15 is 0 Å². The summed E-state index contributed by atoms with van der Waals surface area (Å²) in [5, 5.41) is 11.3. The molecule has 0 saturated carbocycles. The number of aromatic nitrogens is 1. The van der Waals surface area contributed by atoms with Crippen molar-refractivity contribution in [1.29, 1.82) is 0 Å². The van der Waals surface area contributed by atoms with Gasteiger partial charge < -0.3 is 0 Å². The molecule has 0 saturated heterocycles. The predicted molar refractivity (Wildman–Crippen MR) is 52.4 cm³/mol. The lowest BCUT2D eigenvalue weighted by atomic mass is 10.1. The summed E-state index contributed by atoms with van der Waals surface area (Å²) in [7, 11) is 0. The lowest BCUT2D eigenvalue weighted by Gasteiger charge is -2.00. The van der Waals surface area contributed by atoms with Crippen LogP contribution in [0.4, 0.5) is 0 Å². The van der Waals surface area contributed by atoms with Crippen LogP contribution in [0.5, 0.6) is 0 Å². The van der Waals surface area contributed by atoms with Crippen molar-refractivity contribution in [2.24, 2.45) is 0 Å². The SMILES string of the molecule is O=[N+]([O-])Cc1ccnc2ccccc12. The Morgan fingerprint density at radius 1 is 1.29 bits per heavy atom. The zero-order valence-corrected chi connectivity index (χ0v) is 7.38. The number of hydrogen-bond donors (Lipinski definition) is 0. The van der Waals surface area contributed by atoms with Crippen LogP contribution in [0.1, 0.15) is 5.56 Å². The first kappa shape index (κ1) is 8.62. The molecule has 0 amide bonds. The third kappa shape index (κ3) is 1.54. The molecule has 0 radical (unpaired) electrons. The summed E-state index contributed by atoms with van der Waals surface area (Å²) in [5.74, 6) is 0. The molecule has 1 heterocycles. The van der Waals surface area contributed by atoms with E-state index in [0.717, 1.165) is 10.9 Å². The molecule has 2 aromatic rings. The highest BCUT2D eigenvalue weighted by Gasteiger charge is 2.05. The van der Waals surface area contributed by atoms with E-state index in [4.69, 9.17) is 0 Å². The van der Waals surface area contributed by atoms with E-state index in [0.29, 0.717) is 5.56 Å². The molecule has 0 N–H and O–H groups in total. The van der Waals surface area contributed by atoms with Crippen molar-refractivity contribution in [3.05, 3.63) is 52.2 Å². The van der Waals surface area contributed by atoms with Crippen LogP contribution in [0.2, 0.25) is 0 Å². The second-order valence-electron chi connectivity index (χ2n) is 2.98. The molecule has 1 aromatic carbocycles. The van der Waals surface area contributed by atoms with Gasteiger partial charge in [-0.15, -0.1) is 0 Å². The average molecular weight is 188 g/mol. The van der Waals surface area contributed by atoms with E-state index in [1.165, 1.54) is 0 Å². The number of benzene rings is 1. The molecule has 0 aliphatic heterocycles. The fourth-order valence-corrected chi connectivity index (χ4v) is 1.43. The Bertz CT molecular complexity index is 477. The number of para-hydroxylation sites is 1. The molecular weight excluding hydrogens is 180 g/mol. The van der Waals surface area contributed by atoms with Gasteiger partial charge in [-0.1, -0.05) is 18.2 Å². The van der Waals surface area contributed by atoms with Crippen molar-refractivity contribution in [3.8, 4) is 0 Å². The van der Waals surface area contributed by atoms with Gasteiger partial charge in [-0.2, -0.15) is 0 Å². The Kier molecular flexibility index (Phi) is 2.10. The van der Waals surface area contributed by atoms with Gasteiger partial charge >= 0.3 is 0 Å². The third-order valence-electron chi connectivity index (χ3n) is 2.04. The van der Waals surface area contributed by atoms with Gasteiger partial charge in [0.1, 0.15) is 0 Å². The largest absolute Gasteiger partial charge is 0.264 e. The lowest BCUT2D eigenvalue weighted by molar-refractivity contribution is -0.496. The van der Waals surface area contributed by atoms with Crippen molar-refractivity contribution in [2.75, 3.05) is 0 Å². The Hall–Kier alpha value is -1.97. The lowest BCUT2D eigenvalue weighted by Crippen LogP contribution is -1.99. The summed E-state index contributed by atoms with van der Waals surface area (Å²) in [6, 6.07) is 9.10. The highest BCUT2D eigenvalue weighted by atomic mass is 16.6. The maximum atomic E-state index is 10.4. The van der Waals surface area contributed by atoms with Crippen molar-refractivity contribution in [1.82, 2.24) is 4.98 Å². The van der Waals surface area contributed by atoms with Gasteiger partial charge in [-0.3, -0.25) is 15.1 Å². The fourth-order valence-electron chi connectivity index (χ4n) is 1.43. The first-order valence-corrected chi connectivity index (χ1v) is 4.22. The Labute approximate surface area is 80.4 Å². The summed E-state index contributed by atoms with van der Waals surface area (Å²) < 4.78 is 0. The normalized spacial score (nSPS) is 10.3. The number of fused-ring (bicyclic) bond motifs is 1. The van der Waals surface area contributed by atoms with Crippen LogP contribution in [0.25, 0.3) is 10.9 Å². The van der Waals surface area contributed by atoms with Gasteiger partial charge in [0, 0.05) is 22.1 Å². The predicted octanol–water partition coefficient (Wildman–Crippen LogP) is 2.01. The van der Waals surface area contributed by atoms with E-state index in [1.54, 1.807) is 12.3 Å². The molecule has 1 aromatic heterocycles. The number of rotatable bonds is 2. The molecule has 4 nitrogen and oxygen atoms in total. The van der Waals surface area contributed by atoms with Crippen LogP contribution in [0.15, 0.2) is 36.5 Å². The minimum absolute atomic E-state index is 0.150. The number of pyridine rings is 1. The molecule has 4 heteroatoms. The monoisotopic (exact) mass is 188 g/mol. The maximum Gasteiger partial charge on any atom is 0.229 e. The Morgan fingerprint density at radius 3 is 2.86 bits per heavy atom. The molecule has 0 atom stereocenters. The molecule has 0 spiro atoms. The standard InChI is InChI=1S/C10H8N2O2/c13-12(14)7-8-5-6-11-10-4-2-1-3-9(8)10/h1-6H,7H2. The summed E-state index contributed by atoms with van der Waals surface area (Å²) in [4.78, 5) is 14.2. The first-order valence-electron chi connectivity index (χ1n) is 4.22. The average Bonchev–Trinajstić information content (AvgIpc) is 2.18. The topological polar surface area (TPSA) is 56.0 Å². The molecule has 0 fully saturated rings. The molecule has 70 valence electrons. The summed E-state index contributed by atoms with van der Waals surface area (Å²) in [6.07, 6.45) is 1.60. The van der Waals surface area contributed by atoms with E-state index in [2.05, 4.69) is 4.98 Å². The quantitative estimate of drug-likeness (QED) is 0.535. The molecule has 14 heavy (non-hydrogen) atoms. The van der Waals surface area contributed by atoms with Gasteiger partial charge in [0.05, 0.1) is 5.52 Å². The van der Waals surface area contributed by atoms with Crippen LogP contribution in [0, 0.1) is 10.1 Å². The smallest absolute Gasteiger partial charge is 0.229 e.